The SMILES string of the molecule is CC[C@H](C)NC(=O)[C@@H](C)N(Cc1cccc(C)c1)C(=O)CCCN(c1ccc2c(c1)OCCO2)S(C)(=O)=O. The second-order valence-corrected chi connectivity index (χ2v) is 11.7. The Morgan fingerprint density at radius 3 is 2.42 bits per heavy atom. The van der Waals surface area contributed by atoms with E-state index in [0.717, 1.165) is 23.8 Å². The lowest BCUT2D eigenvalue weighted by atomic mass is 10.1. The van der Waals surface area contributed by atoms with Crippen LogP contribution in [-0.2, 0) is 26.2 Å². The fraction of sp³-hybridized carbons (Fsp3) is 0.500. The van der Waals surface area contributed by atoms with E-state index >= 15 is 0 Å². The first-order chi connectivity index (χ1) is 18.0. The lowest BCUT2D eigenvalue weighted by molar-refractivity contribution is -0.140. The van der Waals surface area contributed by atoms with Crippen molar-refractivity contribution in [3.05, 3.63) is 53.6 Å². The van der Waals surface area contributed by atoms with Crippen LogP contribution in [-0.4, -0.2) is 63.2 Å². The number of benzene rings is 2. The van der Waals surface area contributed by atoms with Gasteiger partial charge in [-0.2, -0.15) is 0 Å². The summed E-state index contributed by atoms with van der Waals surface area (Å²) >= 11 is 0. The highest BCUT2D eigenvalue weighted by molar-refractivity contribution is 7.92. The molecule has 0 bridgehead atoms. The third-order valence-corrected chi connectivity index (χ3v) is 7.76. The van der Waals surface area contributed by atoms with E-state index < -0.39 is 16.1 Å². The van der Waals surface area contributed by atoms with Crippen molar-refractivity contribution in [1.82, 2.24) is 10.2 Å². The Kier molecular flexibility index (Phi) is 10.0. The average Bonchev–Trinajstić information content (AvgIpc) is 2.88. The van der Waals surface area contributed by atoms with E-state index in [1.54, 1.807) is 30.0 Å². The minimum atomic E-state index is -3.61. The van der Waals surface area contributed by atoms with Gasteiger partial charge in [-0.3, -0.25) is 13.9 Å². The number of sulfonamides is 1. The molecule has 0 unspecified atom stereocenters. The Morgan fingerprint density at radius 1 is 1.05 bits per heavy atom. The molecule has 0 saturated carbocycles. The summed E-state index contributed by atoms with van der Waals surface area (Å²) in [7, 11) is -3.61. The first-order valence-electron chi connectivity index (χ1n) is 13.0. The third-order valence-electron chi connectivity index (χ3n) is 6.57. The number of rotatable bonds is 12. The summed E-state index contributed by atoms with van der Waals surface area (Å²) in [5.41, 5.74) is 2.44. The molecule has 3 rings (SSSR count). The molecule has 2 aromatic carbocycles. The lowest BCUT2D eigenvalue weighted by Crippen LogP contribution is -2.49. The number of carbonyl (C=O) groups is 2. The second kappa shape index (κ2) is 13.0. The van der Waals surface area contributed by atoms with Crippen molar-refractivity contribution in [3.63, 3.8) is 0 Å². The molecule has 1 aliphatic rings. The predicted molar refractivity (Wildman–Crippen MR) is 148 cm³/mol. The van der Waals surface area contributed by atoms with Gasteiger partial charge in [-0.15, -0.1) is 0 Å². The summed E-state index contributed by atoms with van der Waals surface area (Å²) in [4.78, 5) is 27.9. The molecule has 2 aromatic rings. The largest absolute Gasteiger partial charge is 0.486 e. The summed E-state index contributed by atoms with van der Waals surface area (Å²) in [5, 5.41) is 2.96. The van der Waals surface area contributed by atoms with E-state index in [1.165, 1.54) is 4.31 Å². The maximum Gasteiger partial charge on any atom is 0.242 e. The molecule has 0 spiro atoms. The molecule has 10 heteroatoms. The van der Waals surface area contributed by atoms with Crippen molar-refractivity contribution in [1.29, 1.82) is 0 Å². The van der Waals surface area contributed by atoms with Crippen LogP contribution in [0.5, 0.6) is 11.5 Å². The van der Waals surface area contributed by atoms with Crippen LogP contribution in [0.3, 0.4) is 0 Å². The zero-order chi connectivity index (χ0) is 27.9. The first kappa shape index (κ1) is 29.3. The molecule has 0 aliphatic carbocycles. The van der Waals surface area contributed by atoms with Crippen LogP contribution >= 0.6 is 0 Å². The maximum atomic E-state index is 13.4. The Labute approximate surface area is 226 Å². The lowest BCUT2D eigenvalue weighted by Gasteiger charge is -2.30. The van der Waals surface area contributed by atoms with Crippen LogP contribution in [0.1, 0.15) is 51.2 Å². The van der Waals surface area contributed by atoms with Gasteiger partial charge in [-0.05, 0) is 51.3 Å². The minimum Gasteiger partial charge on any atom is -0.486 e. The Hall–Kier alpha value is -3.27. The summed E-state index contributed by atoms with van der Waals surface area (Å²) in [5.74, 6) is 0.632. The second-order valence-electron chi connectivity index (χ2n) is 9.77. The highest BCUT2D eigenvalue weighted by Gasteiger charge is 2.27. The van der Waals surface area contributed by atoms with E-state index in [9.17, 15) is 18.0 Å². The number of hydrogen-bond acceptors (Lipinski definition) is 6. The molecule has 1 heterocycles. The number of carbonyl (C=O) groups excluding carboxylic acids is 2. The molecule has 0 fully saturated rings. The number of nitrogens with zero attached hydrogens (tertiary/aromatic N) is 2. The van der Waals surface area contributed by atoms with Crippen LogP contribution in [0.15, 0.2) is 42.5 Å². The van der Waals surface area contributed by atoms with E-state index in [-0.39, 0.29) is 43.8 Å². The van der Waals surface area contributed by atoms with Crippen molar-refractivity contribution in [2.45, 2.75) is 65.6 Å². The number of ether oxygens (including phenoxy) is 2. The number of nitrogens with one attached hydrogen (secondary N) is 1. The number of amides is 2. The van der Waals surface area contributed by atoms with E-state index in [2.05, 4.69) is 5.32 Å². The van der Waals surface area contributed by atoms with Gasteiger partial charge in [0.2, 0.25) is 21.8 Å². The quantitative estimate of drug-likeness (QED) is 0.437. The van der Waals surface area contributed by atoms with Crippen LogP contribution in [0, 0.1) is 6.92 Å². The van der Waals surface area contributed by atoms with Gasteiger partial charge in [0.1, 0.15) is 19.3 Å². The zero-order valence-corrected chi connectivity index (χ0v) is 23.7. The molecular weight excluding hydrogens is 506 g/mol. The highest BCUT2D eigenvalue weighted by atomic mass is 32.2. The summed E-state index contributed by atoms with van der Waals surface area (Å²) < 4.78 is 37.6. The minimum absolute atomic E-state index is 0.00446. The van der Waals surface area contributed by atoms with Gasteiger partial charge in [0.15, 0.2) is 11.5 Å². The molecule has 208 valence electrons. The van der Waals surface area contributed by atoms with Gasteiger partial charge in [-0.1, -0.05) is 36.8 Å². The third kappa shape index (κ3) is 7.86. The van der Waals surface area contributed by atoms with Crippen LogP contribution in [0.2, 0.25) is 0 Å². The molecule has 0 radical (unpaired) electrons. The normalized spacial score (nSPS) is 14.3. The van der Waals surface area contributed by atoms with Crippen molar-refractivity contribution in [3.8, 4) is 11.5 Å². The molecule has 9 nitrogen and oxygen atoms in total. The molecule has 38 heavy (non-hydrogen) atoms. The maximum absolute atomic E-state index is 13.4. The van der Waals surface area contributed by atoms with E-state index in [0.29, 0.717) is 30.4 Å². The molecule has 0 aromatic heterocycles. The smallest absolute Gasteiger partial charge is 0.242 e. The van der Waals surface area contributed by atoms with E-state index in [4.69, 9.17) is 9.47 Å². The van der Waals surface area contributed by atoms with Crippen molar-refractivity contribution >= 4 is 27.5 Å². The van der Waals surface area contributed by atoms with Crippen molar-refractivity contribution in [2.75, 3.05) is 30.3 Å². The number of anilines is 1. The van der Waals surface area contributed by atoms with Crippen LogP contribution in [0.25, 0.3) is 0 Å². The molecule has 0 saturated heterocycles. The molecular formula is C28H39N3O6S. The van der Waals surface area contributed by atoms with Gasteiger partial charge >= 0.3 is 0 Å². The Balaban J connectivity index is 1.74. The van der Waals surface area contributed by atoms with Gasteiger partial charge < -0.3 is 19.7 Å². The monoisotopic (exact) mass is 545 g/mol. The highest BCUT2D eigenvalue weighted by Crippen LogP contribution is 2.34. The van der Waals surface area contributed by atoms with Gasteiger partial charge in [0.05, 0.1) is 11.9 Å². The van der Waals surface area contributed by atoms with Gasteiger partial charge in [-0.25, -0.2) is 8.42 Å². The summed E-state index contributed by atoms with van der Waals surface area (Å²) in [6.07, 6.45) is 2.29. The van der Waals surface area contributed by atoms with Crippen LogP contribution < -0.4 is 19.1 Å². The number of aryl methyl sites for hydroxylation is 1. The molecule has 1 N–H and O–H groups in total. The van der Waals surface area contributed by atoms with E-state index in [1.807, 2.05) is 45.0 Å². The number of fused-ring (bicyclic) bond motifs is 1. The Bertz CT molecular complexity index is 1230. The zero-order valence-electron chi connectivity index (χ0n) is 22.9. The van der Waals surface area contributed by atoms with Crippen LogP contribution in [0.4, 0.5) is 5.69 Å². The fourth-order valence-corrected chi connectivity index (χ4v) is 5.20. The van der Waals surface area contributed by atoms with Crippen molar-refractivity contribution in [2.24, 2.45) is 0 Å². The van der Waals surface area contributed by atoms with Gasteiger partial charge in [0, 0.05) is 31.6 Å². The molecule has 2 atom stereocenters. The Morgan fingerprint density at radius 2 is 1.76 bits per heavy atom. The van der Waals surface area contributed by atoms with Gasteiger partial charge in [0.25, 0.3) is 0 Å². The summed E-state index contributed by atoms with van der Waals surface area (Å²) in [6.45, 7) is 8.84. The standard InChI is InChI=1S/C28H39N3O6S/c1-6-21(3)29-28(33)22(4)30(19-23-10-7-9-20(2)17-23)27(32)11-8-14-31(38(5,34)35)24-12-13-25-26(18-24)37-16-15-36-25/h7,9-10,12-13,17-18,21-22H,6,8,11,14-16,19H2,1-5H3,(H,29,33)/t21-,22+/m0/s1. The van der Waals surface area contributed by atoms with Crippen molar-refractivity contribution < 1.29 is 27.5 Å². The topological polar surface area (TPSA) is 105 Å². The number of hydrogen-bond donors (Lipinski definition) is 1. The fourth-order valence-electron chi connectivity index (χ4n) is 4.25. The molecule has 2 amide bonds. The first-order valence-corrected chi connectivity index (χ1v) is 14.9. The summed E-state index contributed by atoms with van der Waals surface area (Å²) in [6, 6.07) is 12.1. The predicted octanol–water partition coefficient (Wildman–Crippen LogP) is 3.64. The average molecular weight is 546 g/mol. The molecule has 1 aliphatic heterocycles.